The van der Waals surface area contributed by atoms with Gasteiger partial charge in [-0.3, -0.25) is 4.79 Å². The second-order valence-corrected chi connectivity index (χ2v) is 5.31. The number of nitrogens with one attached hydrogen (secondary N) is 1. The van der Waals surface area contributed by atoms with Crippen molar-refractivity contribution >= 4 is 50.1 Å². The normalized spacial score (nSPS) is 10.0. The van der Waals surface area contributed by atoms with Crippen LogP contribution in [0.4, 0.5) is 5.69 Å². The number of hydrogen-bond acceptors (Lipinski definition) is 3. The maximum Gasteiger partial charge on any atom is 0.256 e. The summed E-state index contributed by atoms with van der Waals surface area (Å²) in [6.45, 7) is 0. The molecule has 6 heteroatoms. The largest absolute Gasteiger partial charge is 0.319 e. The van der Waals surface area contributed by atoms with E-state index in [2.05, 4.69) is 53.8 Å². The van der Waals surface area contributed by atoms with Gasteiger partial charge in [0.05, 0.1) is 23.6 Å². The molecule has 2 rings (SSSR count). The zero-order valence-corrected chi connectivity index (χ0v) is 12.3. The molecule has 0 fully saturated rings. The van der Waals surface area contributed by atoms with Crippen LogP contribution in [0.2, 0.25) is 0 Å². The van der Waals surface area contributed by atoms with Gasteiger partial charge in [0.25, 0.3) is 5.91 Å². The predicted octanol–water partition coefficient (Wildman–Crippen LogP) is 3.10. The average molecular weight is 404 g/mol. The lowest BCUT2D eigenvalue weighted by molar-refractivity contribution is 0.102. The van der Waals surface area contributed by atoms with Gasteiger partial charge in [-0.05, 0) is 56.7 Å². The first-order chi connectivity index (χ1) is 8.16. The van der Waals surface area contributed by atoms with Crippen LogP contribution >= 0.6 is 38.5 Å². The van der Waals surface area contributed by atoms with E-state index in [0.717, 1.165) is 8.04 Å². The standard InChI is InChI=1S/C11H7BrIN3O/c12-10-2-1-7(13)3-9(10)11(17)16-8-4-14-6-15-5-8/h1-6H,(H,16,17). The number of amides is 1. The molecule has 2 aromatic rings. The van der Waals surface area contributed by atoms with E-state index in [1.54, 1.807) is 12.4 Å². The van der Waals surface area contributed by atoms with Crippen molar-refractivity contribution in [3.63, 3.8) is 0 Å². The van der Waals surface area contributed by atoms with Crippen molar-refractivity contribution in [2.75, 3.05) is 5.32 Å². The van der Waals surface area contributed by atoms with Crippen LogP contribution in [0.1, 0.15) is 10.4 Å². The molecular formula is C11H7BrIN3O. The summed E-state index contributed by atoms with van der Waals surface area (Å²) in [4.78, 5) is 19.7. The lowest BCUT2D eigenvalue weighted by Crippen LogP contribution is -2.13. The Balaban J connectivity index is 2.23. The number of benzene rings is 1. The molecule has 17 heavy (non-hydrogen) atoms. The third-order valence-corrected chi connectivity index (χ3v) is 3.35. The number of halogens is 2. The van der Waals surface area contributed by atoms with E-state index >= 15 is 0 Å². The van der Waals surface area contributed by atoms with E-state index in [-0.39, 0.29) is 5.91 Å². The molecule has 1 N–H and O–H groups in total. The highest BCUT2D eigenvalue weighted by Gasteiger charge is 2.10. The van der Waals surface area contributed by atoms with Gasteiger partial charge >= 0.3 is 0 Å². The Morgan fingerprint density at radius 2 is 2.00 bits per heavy atom. The minimum atomic E-state index is -0.190. The maximum absolute atomic E-state index is 12.0. The topological polar surface area (TPSA) is 54.9 Å². The van der Waals surface area contributed by atoms with E-state index in [1.807, 2.05) is 18.2 Å². The number of carbonyl (C=O) groups is 1. The summed E-state index contributed by atoms with van der Waals surface area (Å²) >= 11 is 5.51. The summed E-state index contributed by atoms with van der Waals surface area (Å²) in [6.07, 6.45) is 4.51. The lowest BCUT2D eigenvalue weighted by Gasteiger charge is -2.06. The van der Waals surface area contributed by atoms with Crippen LogP contribution in [-0.4, -0.2) is 15.9 Å². The van der Waals surface area contributed by atoms with Crippen molar-refractivity contribution in [1.29, 1.82) is 0 Å². The molecule has 0 unspecified atom stereocenters. The molecule has 0 saturated carbocycles. The number of rotatable bonds is 2. The Labute approximate surface area is 120 Å². The predicted molar refractivity (Wildman–Crippen MR) is 76.8 cm³/mol. The minimum Gasteiger partial charge on any atom is -0.319 e. The van der Waals surface area contributed by atoms with Crippen LogP contribution < -0.4 is 5.32 Å². The van der Waals surface area contributed by atoms with Crippen LogP contribution in [0.25, 0.3) is 0 Å². The number of anilines is 1. The Kier molecular flexibility index (Phi) is 4.06. The van der Waals surface area contributed by atoms with Crippen LogP contribution in [0.5, 0.6) is 0 Å². The maximum atomic E-state index is 12.0. The van der Waals surface area contributed by atoms with Gasteiger partial charge in [-0.25, -0.2) is 9.97 Å². The van der Waals surface area contributed by atoms with Gasteiger partial charge in [-0.1, -0.05) is 0 Å². The number of hydrogen-bond donors (Lipinski definition) is 1. The lowest BCUT2D eigenvalue weighted by atomic mass is 10.2. The van der Waals surface area contributed by atoms with Crippen LogP contribution in [0.3, 0.4) is 0 Å². The SMILES string of the molecule is O=C(Nc1cncnc1)c1cc(I)ccc1Br. The number of carbonyl (C=O) groups excluding carboxylic acids is 1. The first-order valence-corrected chi connectivity index (χ1v) is 6.55. The molecule has 86 valence electrons. The zero-order chi connectivity index (χ0) is 12.3. The van der Waals surface area contributed by atoms with E-state index < -0.39 is 0 Å². The smallest absolute Gasteiger partial charge is 0.256 e. The Morgan fingerprint density at radius 3 is 2.71 bits per heavy atom. The molecule has 1 heterocycles. The van der Waals surface area contributed by atoms with E-state index in [1.165, 1.54) is 6.33 Å². The molecular weight excluding hydrogens is 397 g/mol. The van der Waals surface area contributed by atoms with Crippen molar-refractivity contribution in [3.05, 3.63) is 50.5 Å². The molecule has 0 aliphatic carbocycles. The van der Waals surface area contributed by atoms with Crippen molar-refractivity contribution < 1.29 is 4.79 Å². The van der Waals surface area contributed by atoms with Crippen molar-refractivity contribution in [1.82, 2.24) is 9.97 Å². The van der Waals surface area contributed by atoms with Gasteiger partial charge in [0, 0.05) is 8.04 Å². The number of aromatic nitrogens is 2. The second kappa shape index (κ2) is 5.54. The van der Waals surface area contributed by atoms with E-state index in [4.69, 9.17) is 0 Å². The van der Waals surface area contributed by atoms with Crippen molar-refractivity contribution in [2.24, 2.45) is 0 Å². The molecule has 0 radical (unpaired) electrons. The Hall–Kier alpha value is -1.02. The third-order valence-electron chi connectivity index (χ3n) is 1.99. The Morgan fingerprint density at radius 1 is 1.29 bits per heavy atom. The molecule has 0 bridgehead atoms. The molecule has 0 saturated heterocycles. The van der Waals surface area contributed by atoms with Crippen molar-refractivity contribution in [3.8, 4) is 0 Å². The molecule has 1 amide bonds. The van der Waals surface area contributed by atoms with Crippen molar-refractivity contribution in [2.45, 2.75) is 0 Å². The van der Waals surface area contributed by atoms with Gasteiger partial charge in [-0.2, -0.15) is 0 Å². The summed E-state index contributed by atoms with van der Waals surface area (Å²) in [5, 5.41) is 2.73. The molecule has 0 aliphatic heterocycles. The summed E-state index contributed by atoms with van der Waals surface area (Å²) in [7, 11) is 0. The highest BCUT2D eigenvalue weighted by Crippen LogP contribution is 2.20. The summed E-state index contributed by atoms with van der Waals surface area (Å²) in [5.41, 5.74) is 1.16. The quantitative estimate of drug-likeness (QED) is 0.784. The van der Waals surface area contributed by atoms with E-state index in [0.29, 0.717) is 11.3 Å². The fourth-order valence-corrected chi connectivity index (χ4v) is 2.15. The van der Waals surface area contributed by atoms with Gasteiger partial charge in [-0.15, -0.1) is 0 Å². The molecule has 0 atom stereocenters. The van der Waals surface area contributed by atoms with Gasteiger partial charge in [0.2, 0.25) is 0 Å². The number of nitrogens with zero attached hydrogens (tertiary/aromatic N) is 2. The average Bonchev–Trinajstić information content (AvgIpc) is 2.33. The molecule has 0 spiro atoms. The first-order valence-electron chi connectivity index (χ1n) is 4.68. The fourth-order valence-electron chi connectivity index (χ4n) is 1.23. The first kappa shape index (κ1) is 12.4. The highest BCUT2D eigenvalue weighted by molar-refractivity contribution is 14.1. The second-order valence-electron chi connectivity index (χ2n) is 3.21. The minimum absolute atomic E-state index is 0.190. The van der Waals surface area contributed by atoms with Gasteiger partial charge in [0.15, 0.2) is 0 Å². The summed E-state index contributed by atoms with van der Waals surface area (Å²) < 4.78 is 1.76. The van der Waals surface area contributed by atoms with Crippen LogP contribution in [-0.2, 0) is 0 Å². The summed E-state index contributed by atoms with van der Waals surface area (Å²) in [5.74, 6) is -0.190. The molecule has 1 aromatic carbocycles. The Bertz CT molecular complexity index is 548. The van der Waals surface area contributed by atoms with E-state index in [9.17, 15) is 4.79 Å². The van der Waals surface area contributed by atoms with Crippen LogP contribution in [0.15, 0.2) is 41.4 Å². The van der Waals surface area contributed by atoms with Crippen LogP contribution in [0, 0.1) is 3.57 Å². The molecule has 1 aromatic heterocycles. The van der Waals surface area contributed by atoms with Gasteiger partial charge < -0.3 is 5.32 Å². The third kappa shape index (κ3) is 3.22. The monoisotopic (exact) mass is 403 g/mol. The molecule has 0 aliphatic rings. The van der Waals surface area contributed by atoms with Gasteiger partial charge in [0.1, 0.15) is 6.33 Å². The zero-order valence-electron chi connectivity index (χ0n) is 8.52. The fraction of sp³-hybridized carbons (Fsp3) is 0. The highest BCUT2D eigenvalue weighted by atomic mass is 127. The summed E-state index contributed by atoms with van der Waals surface area (Å²) in [6, 6.07) is 5.58. The molecule has 4 nitrogen and oxygen atoms in total.